The van der Waals surface area contributed by atoms with Gasteiger partial charge in [-0.15, -0.1) is 0 Å². The number of nitrogens with zero attached hydrogens (tertiary/aromatic N) is 2. The van der Waals surface area contributed by atoms with Crippen molar-refractivity contribution < 1.29 is 9.90 Å². The number of nitrogens with one attached hydrogen (secondary N) is 1. The number of benzene rings is 1. The van der Waals surface area contributed by atoms with Gasteiger partial charge in [-0.05, 0) is 19.1 Å². The van der Waals surface area contributed by atoms with Crippen molar-refractivity contribution in [2.45, 2.75) is 20.8 Å². The van der Waals surface area contributed by atoms with Gasteiger partial charge in [-0.3, -0.25) is 4.99 Å². The summed E-state index contributed by atoms with van der Waals surface area (Å²) in [5.41, 5.74) is 2.28. The van der Waals surface area contributed by atoms with Gasteiger partial charge in [0.1, 0.15) is 0 Å². The topological polar surface area (TPSA) is 64.9 Å². The van der Waals surface area contributed by atoms with Gasteiger partial charge in [0.05, 0.1) is 6.54 Å². The molecule has 0 spiro atoms. The van der Waals surface area contributed by atoms with Gasteiger partial charge in [0, 0.05) is 31.3 Å². The van der Waals surface area contributed by atoms with Crippen LogP contribution >= 0.6 is 0 Å². The Labute approximate surface area is 120 Å². The molecular formula is C15H23N3O2. The molecule has 0 aliphatic heterocycles. The van der Waals surface area contributed by atoms with Crippen LogP contribution in [-0.4, -0.2) is 31.0 Å². The van der Waals surface area contributed by atoms with E-state index in [2.05, 4.69) is 10.3 Å². The average molecular weight is 277 g/mol. The van der Waals surface area contributed by atoms with Crippen LogP contribution in [0, 0.1) is 6.92 Å². The van der Waals surface area contributed by atoms with Crippen molar-refractivity contribution in [3.05, 3.63) is 42.2 Å². The van der Waals surface area contributed by atoms with Crippen LogP contribution in [0.2, 0.25) is 0 Å². The number of carboxylic acid groups (broad SMARTS) is 1. The molecule has 2 N–H and O–H groups in total. The molecule has 0 aliphatic carbocycles. The highest BCUT2D eigenvalue weighted by Gasteiger charge is 1.94. The third kappa shape index (κ3) is 7.92. The van der Waals surface area contributed by atoms with Gasteiger partial charge in [0.15, 0.2) is 0 Å². The molecule has 0 atom stereocenters. The van der Waals surface area contributed by atoms with E-state index in [0.29, 0.717) is 0 Å². The van der Waals surface area contributed by atoms with Crippen molar-refractivity contribution >= 4 is 18.0 Å². The predicted molar refractivity (Wildman–Crippen MR) is 84.6 cm³/mol. The SMILES string of the molecule is CC.Cc1ccc(N(C)/C=C\N=CCNC(=O)O)cc1. The zero-order valence-corrected chi connectivity index (χ0v) is 12.5. The quantitative estimate of drug-likeness (QED) is 0.812. The fraction of sp³-hybridized carbons (Fsp3) is 0.333. The Bertz CT molecular complexity index is 439. The second-order valence-corrected chi connectivity index (χ2v) is 3.76. The molecule has 1 amide bonds. The zero-order chi connectivity index (χ0) is 15.4. The second-order valence-electron chi connectivity index (χ2n) is 3.76. The minimum atomic E-state index is -1.05. The lowest BCUT2D eigenvalue weighted by Crippen LogP contribution is -2.22. The molecule has 0 aliphatic rings. The summed E-state index contributed by atoms with van der Waals surface area (Å²) in [6, 6.07) is 8.13. The maximum absolute atomic E-state index is 10.2. The standard InChI is InChI=1S/C13H17N3O2.C2H6/c1-11-3-5-12(6-4-11)16(2)10-9-14-7-8-15-13(17)18;1-2/h3-7,9-10,15H,8H2,1-2H3,(H,17,18);1-2H3/b10-9-,14-7?;. The molecule has 20 heavy (non-hydrogen) atoms. The lowest BCUT2D eigenvalue weighted by Gasteiger charge is -2.13. The van der Waals surface area contributed by atoms with E-state index in [4.69, 9.17) is 5.11 Å². The van der Waals surface area contributed by atoms with E-state index < -0.39 is 6.09 Å². The van der Waals surface area contributed by atoms with Gasteiger partial charge in [-0.1, -0.05) is 31.5 Å². The van der Waals surface area contributed by atoms with Gasteiger partial charge in [0.2, 0.25) is 0 Å². The molecule has 0 unspecified atom stereocenters. The summed E-state index contributed by atoms with van der Waals surface area (Å²) < 4.78 is 0. The van der Waals surface area contributed by atoms with Crippen molar-refractivity contribution in [1.29, 1.82) is 0 Å². The van der Waals surface area contributed by atoms with E-state index in [9.17, 15) is 4.79 Å². The van der Waals surface area contributed by atoms with Crippen molar-refractivity contribution in [1.82, 2.24) is 5.32 Å². The summed E-state index contributed by atoms with van der Waals surface area (Å²) in [6.07, 6.45) is 3.86. The lowest BCUT2D eigenvalue weighted by atomic mass is 10.2. The van der Waals surface area contributed by atoms with Crippen molar-refractivity contribution in [2.75, 3.05) is 18.5 Å². The summed E-state index contributed by atoms with van der Waals surface area (Å²) in [7, 11) is 1.92. The minimum absolute atomic E-state index is 0.202. The molecular weight excluding hydrogens is 254 g/mol. The van der Waals surface area contributed by atoms with Crippen LogP contribution < -0.4 is 10.2 Å². The first kappa shape index (κ1) is 17.7. The summed E-state index contributed by atoms with van der Waals surface area (Å²) in [6.45, 7) is 6.24. The fourth-order valence-corrected chi connectivity index (χ4v) is 1.25. The van der Waals surface area contributed by atoms with Crippen LogP contribution in [0.25, 0.3) is 0 Å². The molecule has 0 fully saturated rings. The zero-order valence-electron chi connectivity index (χ0n) is 12.5. The predicted octanol–water partition coefficient (Wildman–Crippen LogP) is 3.27. The number of hydrogen-bond donors (Lipinski definition) is 2. The molecule has 0 bridgehead atoms. The smallest absolute Gasteiger partial charge is 0.404 e. The number of hydrogen-bond acceptors (Lipinski definition) is 3. The van der Waals surface area contributed by atoms with Gasteiger partial charge in [0.25, 0.3) is 0 Å². The highest BCUT2D eigenvalue weighted by molar-refractivity contribution is 5.71. The molecule has 0 aromatic heterocycles. The van der Waals surface area contributed by atoms with Gasteiger partial charge >= 0.3 is 6.09 Å². The maximum Gasteiger partial charge on any atom is 0.404 e. The first-order valence-electron chi connectivity index (χ1n) is 6.54. The van der Waals surface area contributed by atoms with E-state index in [1.807, 2.05) is 63.2 Å². The Hall–Kier alpha value is -2.30. The van der Waals surface area contributed by atoms with Crippen molar-refractivity contribution in [3.63, 3.8) is 0 Å². The monoisotopic (exact) mass is 277 g/mol. The van der Waals surface area contributed by atoms with Crippen molar-refractivity contribution in [3.8, 4) is 0 Å². The number of carbonyl (C=O) groups is 1. The molecule has 0 saturated heterocycles. The highest BCUT2D eigenvalue weighted by Crippen LogP contribution is 2.13. The Balaban J connectivity index is 0.00000172. The van der Waals surface area contributed by atoms with E-state index >= 15 is 0 Å². The number of aliphatic imine (C=N–C) groups is 1. The Kier molecular flexibility index (Phi) is 9.39. The van der Waals surface area contributed by atoms with Gasteiger partial charge < -0.3 is 15.3 Å². The molecule has 1 aromatic rings. The molecule has 1 rings (SSSR count). The molecule has 5 nitrogen and oxygen atoms in total. The molecule has 1 aromatic carbocycles. The van der Waals surface area contributed by atoms with Crippen LogP contribution in [0.5, 0.6) is 0 Å². The number of anilines is 1. The largest absolute Gasteiger partial charge is 0.465 e. The van der Waals surface area contributed by atoms with E-state index in [1.54, 1.807) is 6.20 Å². The van der Waals surface area contributed by atoms with Gasteiger partial charge in [-0.2, -0.15) is 0 Å². The minimum Gasteiger partial charge on any atom is -0.465 e. The number of rotatable bonds is 5. The normalized spacial score (nSPS) is 10.2. The van der Waals surface area contributed by atoms with Crippen LogP contribution in [0.15, 0.2) is 41.7 Å². The van der Waals surface area contributed by atoms with Crippen LogP contribution in [0.1, 0.15) is 19.4 Å². The summed E-state index contributed by atoms with van der Waals surface area (Å²) >= 11 is 0. The third-order valence-corrected chi connectivity index (χ3v) is 2.27. The summed E-state index contributed by atoms with van der Waals surface area (Å²) in [4.78, 5) is 16.0. The molecule has 0 radical (unpaired) electrons. The summed E-state index contributed by atoms with van der Waals surface area (Å²) in [5.74, 6) is 0. The first-order valence-corrected chi connectivity index (χ1v) is 6.54. The van der Waals surface area contributed by atoms with E-state index in [-0.39, 0.29) is 6.54 Å². The number of amides is 1. The molecule has 110 valence electrons. The first-order chi connectivity index (χ1) is 9.59. The maximum atomic E-state index is 10.2. The van der Waals surface area contributed by atoms with Crippen LogP contribution in [0.3, 0.4) is 0 Å². The Morgan fingerprint density at radius 1 is 1.35 bits per heavy atom. The van der Waals surface area contributed by atoms with Crippen molar-refractivity contribution in [2.24, 2.45) is 4.99 Å². The van der Waals surface area contributed by atoms with Crippen LogP contribution in [-0.2, 0) is 0 Å². The Morgan fingerprint density at radius 3 is 2.50 bits per heavy atom. The van der Waals surface area contributed by atoms with E-state index in [1.165, 1.54) is 11.8 Å². The second kappa shape index (κ2) is 10.6. The summed E-state index contributed by atoms with van der Waals surface area (Å²) in [5, 5.41) is 10.5. The molecule has 0 heterocycles. The molecule has 0 saturated carbocycles. The van der Waals surface area contributed by atoms with Crippen LogP contribution in [0.4, 0.5) is 10.5 Å². The average Bonchev–Trinajstić information content (AvgIpc) is 2.45. The lowest BCUT2D eigenvalue weighted by molar-refractivity contribution is 0.196. The van der Waals surface area contributed by atoms with Gasteiger partial charge in [-0.25, -0.2) is 4.79 Å². The molecule has 5 heteroatoms. The van der Waals surface area contributed by atoms with E-state index in [0.717, 1.165) is 5.69 Å². The third-order valence-electron chi connectivity index (χ3n) is 2.27. The Morgan fingerprint density at radius 2 is 1.95 bits per heavy atom. The number of aryl methyl sites for hydroxylation is 1. The fourth-order valence-electron chi connectivity index (χ4n) is 1.25. The highest BCUT2D eigenvalue weighted by atomic mass is 16.4.